The third kappa shape index (κ3) is 1.31. The monoisotopic (exact) mass is 216 g/mol. The van der Waals surface area contributed by atoms with Gasteiger partial charge in [0.15, 0.2) is 0 Å². The zero-order valence-electron chi connectivity index (χ0n) is 9.63. The van der Waals surface area contributed by atoms with E-state index in [4.69, 9.17) is 0 Å². The molecule has 1 aromatic carbocycles. The van der Waals surface area contributed by atoms with Gasteiger partial charge < -0.3 is 10.6 Å². The van der Waals surface area contributed by atoms with Crippen molar-refractivity contribution < 1.29 is 4.79 Å². The summed E-state index contributed by atoms with van der Waals surface area (Å²) in [6.45, 7) is 4.03. The van der Waals surface area contributed by atoms with Crippen molar-refractivity contribution in [3.05, 3.63) is 23.8 Å². The zero-order chi connectivity index (χ0) is 11.3. The Morgan fingerprint density at radius 3 is 2.75 bits per heavy atom. The Bertz CT molecular complexity index is 465. The van der Waals surface area contributed by atoms with Gasteiger partial charge in [0, 0.05) is 0 Å². The van der Waals surface area contributed by atoms with Crippen LogP contribution in [0.15, 0.2) is 18.2 Å². The number of hydrogen-bond donors (Lipinski definition) is 2. The number of nitrogens with one attached hydrogen (secondary N) is 2. The van der Waals surface area contributed by atoms with Crippen molar-refractivity contribution in [1.29, 1.82) is 0 Å². The average molecular weight is 216 g/mol. The normalized spacial score (nSPS) is 28.0. The predicted molar refractivity (Wildman–Crippen MR) is 64.6 cm³/mol. The van der Waals surface area contributed by atoms with Crippen LogP contribution in [0, 0.1) is 12.8 Å². The molecule has 3 heteroatoms. The van der Waals surface area contributed by atoms with Crippen molar-refractivity contribution in [1.82, 2.24) is 0 Å². The molecule has 1 unspecified atom stereocenters. The van der Waals surface area contributed by atoms with E-state index in [9.17, 15) is 4.79 Å². The van der Waals surface area contributed by atoms with E-state index in [0.717, 1.165) is 29.8 Å². The Balaban J connectivity index is 2.01. The quantitative estimate of drug-likeness (QED) is 0.757. The molecule has 2 N–H and O–H groups in total. The van der Waals surface area contributed by atoms with E-state index in [2.05, 4.69) is 16.7 Å². The van der Waals surface area contributed by atoms with E-state index >= 15 is 0 Å². The Morgan fingerprint density at radius 2 is 2.06 bits per heavy atom. The van der Waals surface area contributed by atoms with Crippen LogP contribution in [0.1, 0.15) is 25.3 Å². The Hall–Kier alpha value is -1.51. The van der Waals surface area contributed by atoms with Gasteiger partial charge >= 0.3 is 0 Å². The number of hydrogen-bond acceptors (Lipinski definition) is 2. The molecular formula is C13H16N2O. The summed E-state index contributed by atoms with van der Waals surface area (Å²) in [7, 11) is 0. The number of anilines is 2. The molecule has 1 amide bonds. The van der Waals surface area contributed by atoms with Gasteiger partial charge in [0.25, 0.3) is 0 Å². The standard InChI is InChI=1S/C13H16N2O/c1-8-3-6-10-11(7-8)14-12(16)13(2,15-10)9-4-5-9/h3,6-7,9,15H,4-5H2,1-2H3,(H,14,16). The smallest absolute Gasteiger partial charge is 0.250 e. The van der Waals surface area contributed by atoms with Crippen LogP contribution in [-0.4, -0.2) is 11.4 Å². The molecule has 0 aromatic heterocycles. The lowest BCUT2D eigenvalue weighted by Gasteiger charge is -2.36. The lowest BCUT2D eigenvalue weighted by molar-refractivity contribution is -0.120. The molecule has 84 valence electrons. The second-order valence-electron chi connectivity index (χ2n) is 5.10. The van der Waals surface area contributed by atoms with Gasteiger partial charge in [-0.3, -0.25) is 4.79 Å². The van der Waals surface area contributed by atoms with Gasteiger partial charge in [-0.15, -0.1) is 0 Å². The highest BCUT2D eigenvalue weighted by atomic mass is 16.2. The molecule has 1 heterocycles. The minimum absolute atomic E-state index is 0.105. The first-order valence-corrected chi connectivity index (χ1v) is 5.80. The molecule has 1 fully saturated rings. The molecule has 3 rings (SSSR count). The summed E-state index contributed by atoms with van der Waals surface area (Å²) < 4.78 is 0. The number of carbonyl (C=O) groups is 1. The fraction of sp³-hybridized carbons (Fsp3) is 0.462. The summed E-state index contributed by atoms with van der Waals surface area (Å²) in [6, 6.07) is 6.12. The van der Waals surface area contributed by atoms with Crippen molar-refractivity contribution in [3.63, 3.8) is 0 Å². The van der Waals surface area contributed by atoms with Crippen LogP contribution in [0.3, 0.4) is 0 Å². The summed E-state index contributed by atoms with van der Waals surface area (Å²) >= 11 is 0. The van der Waals surface area contributed by atoms with E-state index in [0.29, 0.717) is 5.92 Å². The highest BCUT2D eigenvalue weighted by Crippen LogP contribution is 2.45. The first-order valence-electron chi connectivity index (χ1n) is 5.80. The summed E-state index contributed by atoms with van der Waals surface area (Å²) in [5.41, 5.74) is 2.70. The van der Waals surface area contributed by atoms with E-state index in [-0.39, 0.29) is 5.91 Å². The Morgan fingerprint density at radius 1 is 1.31 bits per heavy atom. The molecule has 1 aliphatic carbocycles. The fourth-order valence-corrected chi connectivity index (χ4v) is 2.41. The highest BCUT2D eigenvalue weighted by Gasteiger charge is 2.49. The van der Waals surface area contributed by atoms with E-state index in [1.807, 2.05) is 26.0 Å². The number of fused-ring (bicyclic) bond motifs is 1. The number of carbonyl (C=O) groups excluding carboxylic acids is 1. The molecule has 0 saturated heterocycles. The van der Waals surface area contributed by atoms with E-state index in [1.54, 1.807) is 0 Å². The number of aryl methyl sites for hydroxylation is 1. The maximum atomic E-state index is 12.1. The highest BCUT2D eigenvalue weighted by molar-refractivity contribution is 6.06. The molecule has 16 heavy (non-hydrogen) atoms. The Labute approximate surface area is 95.2 Å². The topological polar surface area (TPSA) is 41.1 Å². The van der Waals surface area contributed by atoms with E-state index in [1.165, 1.54) is 0 Å². The minimum atomic E-state index is -0.414. The lowest BCUT2D eigenvalue weighted by atomic mass is 9.91. The molecular weight excluding hydrogens is 200 g/mol. The molecule has 2 aliphatic rings. The maximum Gasteiger partial charge on any atom is 0.250 e. The van der Waals surface area contributed by atoms with Crippen molar-refractivity contribution >= 4 is 17.3 Å². The van der Waals surface area contributed by atoms with Gasteiger partial charge in [0.2, 0.25) is 5.91 Å². The summed E-state index contributed by atoms with van der Waals surface area (Å²) in [5.74, 6) is 0.593. The van der Waals surface area contributed by atoms with Crippen molar-refractivity contribution in [2.24, 2.45) is 5.92 Å². The SMILES string of the molecule is Cc1ccc2c(c1)NC(=O)C(C)(C1CC1)N2. The van der Waals surface area contributed by atoms with E-state index < -0.39 is 5.54 Å². The van der Waals surface area contributed by atoms with Crippen molar-refractivity contribution in [3.8, 4) is 0 Å². The van der Waals surface area contributed by atoms with Crippen LogP contribution in [-0.2, 0) is 4.79 Å². The molecule has 1 atom stereocenters. The summed E-state index contributed by atoms with van der Waals surface area (Å²) in [6.07, 6.45) is 2.30. The van der Waals surface area contributed by atoms with Gasteiger partial charge in [-0.25, -0.2) is 0 Å². The number of rotatable bonds is 1. The molecule has 3 nitrogen and oxygen atoms in total. The summed E-state index contributed by atoms with van der Waals surface area (Å²) in [5, 5.41) is 6.41. The van der Waals surface area contributed by atoms with Crippen molar-refractivity contribution in [2.75, 3.05) is 10.6 Å². The van der Waals surface area contributed by atoms with Gasteiger partial charge in [-0.05, 0) is 50.3 Å². The molecule has 1 aromatic rings. The van der Waals surface area contributed by atoms with Gasteiger partial charge in [-0.2, -0.15) is 0 Å². The van der Waals surface area contributed by atoms with Gasteiger partial charge in [0.05, 0.1) is 11.4 Å². The second kappa shape index (κ2) is 3.00. The van der Waals surface area contributed by atoms with Crippen LogP contribution in [0.4, 0.5) is 11.4 Å². The van der Waals surface area contributed by atoms with Crippen LogP contribution in [0.5, 0.6) is 0 Å². The number of benzene rings is 1. The largest absolute Gasteiger partial charge is 0.370 e. The van der Waals surface area contributed by atoms with Crippen LogP contribution >= 0.6 is 0 Å². The lowest BCUT2D eigenvalue weighted by Crippen LogP contribution is -2.51. The van der Waals surface area contributed by atoms with Gasteiger partial charge in [-0.1, -0.05) is 6.07 Å². The average Bonchev–Trinajstić information content (AvgIpc) is 3.04. The van der Waals surface area contributed by atoms with Crippen LogP contribution in [0.25, 0.3) is 0 Å². The minimum Gasteiger partial charge on any atom is -0.370 e. The summed E-state index contributed by atoms with van der Waals surface area (Å²) in [4.78, 5) is 12.1. The van der Waals surface area contributed by atoms with Gasteiger partial charge in [0.1, 0.15) is 5.54 Å². The first-order chi connectivity index (χ1) is 7.59. The molecule has 0 spiro atoms. The molecule has 0 bridgehead atoms. The zero-order valence-corrected chi connectivity index (χ0v) is 9.63. The van der Waals surface area contributed by atoms with Crippen molar-refractivity contribution in [2.45, 2.75) is 32.2 Å². The molecule has 0 radical (unpaired) electrons. The first kappa shape index (κ1) is 9.70. The molecule has 1 saturated carbocycles. The van der Waals surface area contributed by atoms with Crippen LogP contribution < -0.4 is 10.6 Å². The predicted octanol–water partition coefficient (Wildman–Crippen LogP) is 2.53. The third-order valence-corrected chi connectivity index (χ3v) is 3.68. The maximum absolute atomic E-state index is 12.1. The third-order valence-electron chi connectivity index (χ3n) is 3.68. The molecule has 1 aliphatic heterocycles. The Kier molecular flexibility index (Phi) is 1.82. The second-order valence-corrected chi connectivity index (χ2v) is 5.10. The van der Waals surface area contributed by atoms with Crippen LogP contribution in [0.2, 0.25) is 0 Å². The number of amides is 1. The fourth-order valence-electron chi connectivity index (χ4n) is 2.41.